The van der Waals surface area contributed by atoms with Crippen LogP contribution in [0, 0.1) is 0 Å². The summed E-state index contributed by atoms with van der Waals surface area (Å²) in [6, 6.07) is 15.2. The summed E-state index contributed by atoms with van der Waals surface area (Å²) >= 11 is 0. The van der Waals surface area contributed by atoms with Gasteiger partial charge >= 0.3 is 6.09 Å². The number of carbonyl (C=O) groups excluding carboxylic acids is 1. The Balaban J connectivity index is 1.51. The van der Waals surface area contributed by atoms with Crippen LogP contribution in [0.4, 0.5) is 13.6 Å². The van der Waals surface area contributed by atoms with Crippen molar-refractivity contribution in [1.82, 2.24) is 4.90 Å². The van der Waals surface area contributed by atoms with Crippen LogP contribution in [-0.2, 0) is 4.74 Å². The molecule has 0 radical (unpaired) electrons. The van der Waals surface area contributed by atoms with Gasteiger partial charge in [-0.2, -0.15) is 0 Å². The van der Waals surface area contributed by atoms with Crippen molar-refractivity contribution in [2.45, 2.75) is 24.3 Å². The van der Waals surface area contributed by atoms with Crippen LogP contribution in [-0.4, -0.2) is 42.7 Å². The van der Waals surface area contributed by atoms with Crippen LogP contribution in [0.15, 0.2) is 48.5 Å². The minimum absolute atomic E-state index is 0.0895. The van der Waals surface area contributed by atoms with E-state index in [-0.39, 0.29) is 19.1 Å². The van der Waals surface area contributed by atoms with E-state index in [4.69, 9.17) is 10.5 Å². The van der Waals surface area contributed by atoms with Crippen molar-refractivity contribution in [3.63, 3.8) is 0 Å². The number of nitrogens with zero attached hydrogens (tertiary/aromatic N) is 1. The Morgan fingerprint density at radius 1 is 1.12 bits per heavy atom. The molecule has 2 aromatic rings. The van der Waals surface area contributed by atoms with Crippen molar-refractivity contribution in [2.24, 2.45) is 5.73 Å². The average Bonchev–Trinajstić information content (AvgIpc) is 2.92. The fourth-order valence-corrected chi connectivity index (χ4v) is 3.96. The number of alkyl halides is 2. The van der Waals surface area contributed by atoms with Gasteiger partial charge in [0.2, 0.25) is 0 Å². The lowest BCUT2D eigenvalue weighted by Gasteiger charge is -2.35. The molecule has 0 aromatic heterocycles. The van der Waals surface area contributed by atoms with Crippen LogP contribution >= 0.6 is 0 Å². The lowest BCUT2D eigenvalue weighted by Crippen LogP contribution is -2.54. The molecule has 1 amide bonds. The van der Waals surface area contributed by atoms with Crippen molar-refractivity contribution < 1.29 is 18.3 Å². The molecule has 2 aromatic carbocycles. The number of benzene rings is 2. The second kappa shape index (κ2) is 6.36. The summed E-state index contributed by atoms with van der Waals surface area (Å²) < 4.78 is 32.8. The monoisotopic (exact) mass is 358 g/mol. The molecule has 1 atom stereocenters. The Morgan fingerprint density at radius 2 is 1.69 bits per heavy atom. The summed E-state index contributed by atoms with van der Waals surface area (Å²) in [5.74, 6) is -3.06. The van der Waals surface area contributed by atoms with E-state index in [0.717, 1.165) is 27.2 Å². The molecule has 136 valence electrons. The predicted molar refractivity (Wildman–Crippen MR) is 94.2 cm³/mol. The topological polar surface area (TPSA) is 55.6 Å². The fourth-order valence-electron chi connectivity index (χ4n) is 3.96. The Labute approximate surface area is 150 Å². The Kier molecular flexibility index (Phi) is 4.15. The zero-order valence-corrected chi connectivity index (χ0v) is 14.2. The molecule has 2 N–H and O–H groups in total. The summed E-state index contributed by atoms with van der Waals surface area (Å²) in [4.78, 5) is 13.3. The van der Waals surface area contributed by atoms with Crippen molar-refractivity contribution in [3.8, 4) is 11.1 Å². The number of amides is 1. The number of hydrogen-bond acceptors (Lipinski definition) is 3. The third-order valence-electron chi connectivity index (χ3n) is 5.03. The van der Waals surface area contributed by atoms with E-state index in [9.17, 15) is 13.6 Å². The van der Waals surface area contributed by atoms with E-state index in [1.165, 1.54) is 0 Å². The van der Waals surface area contributed by atoms with Crippen LogP contribution in [0.25, 0.3) is 11.1 Å². The highest BCUT2D eigenvalue weighted by atomic mass is 19.3. The van der Waals surface area contributed by atoms with Gasteiger partial charge in [0, 0.05) is 24.9 Å². The quantitative estimate of drug-likeness (QED) is 0.892. The molecule has 2 aliphatic rings. The van der Waals surface area contributed by atoms with Crippen LogP contribution in [0.2, 0.25) is 0 Å². The van der Waals surface area contributed by atoms with Crippen LogP contribution < -0.4 is 5.73 Å². The number of rotatable bonds is 2. The molecule has 0 bridgehead atoms. The molecular weight excluding hydrogens is 338 g/mol. The van der Waals surface area contributed by atoms with Crippen molar-refractivity contribution in [3.05, 3.63) is 59.7 Å². The normalized spacial score (nSPS) is 21.2. The van der Waals surface area contributed by atoms with Gasteiger partial charge in [0.1, 0.15) is 6.61 Å². The van der Waals surface area contributed by atoms with Gasteiger partial charge < -0.3 is 15.4 Å². The first-order chi connectivity index (χ1) is 12.4. The second-order valence-corrected chi connectivity index (χ2v) is 7.00. The third-order valence-corrected chi connectivity index (χ3v) is 5.03. The van der Waals surface area contributed by atoms with E-state index >= 15 is 0 Å². The maximum absolute atomic E-state index is 13.7. The molecule has 1 unspecified atom stereocenters. The summed E-state index contributed by atoms with van der Waals surface area (Å²) in [6.07, 6.45) is -1.14. The largest absolute Gasteiger partial charge is 0.448 e. The molecule has 1 saturated heterocycles. The van der Waals surface area contributed by atoms with E-state index in [1.54, 1.807) is 0 Å². The Morgan fingerprint density at radius 3 is 2.27 bits per heavy atom. The van der Waals surface area contributed by atoms with Gasteiger partial charge in [-0.3, -0.25) is 0 Å². The number of fused-ring (bicyclic) bond motifs is 3. The summed E-state index contributed by atoms with van der Waals surface area (Å²) in [6.45, 7) is -0.437. The lowest BCUT2D eigenvalue weighted by atomic mass is 9.98. The van der Waals surface area contributed by atoms with Crippen LogP contribution in [0.5, 0.6) is 0 Å². The highest BCUT2D eigenvalue weighted by Crippen LogP contribution is 2.44. The van der Waals surface area contributed by atoms with Crippen LogP contribution in [0.3, 0.4) is 0 Å². The molecule has 1 fully saturated rings. The van der Waals surface area contributed by atoms with Gasteiger partial charge in [0.05, 0.1) is 6.54 Å². The zero-order chi connectivity index (χ0) is 18.3. The third kappa shape index (κ3) is 3.05. The maximum atomic E-state index is 13.7. The molecule has 6 heteroatoms. The van der Waals surface area contributed by atoms with Crippen LogP contribution in [0.1, 0.15) is 23.5 Å². The smallest absolute Gasteiger partial charge is 0.410 e. The van der Waals surface area contributed by atoms with Gasteiger partial charge in [-0.25, -0.2) is 13.6 Å². The Bertz CT molecular complexity index is 795. The van der Waals surface area contributed by atoms with Gasteiger partial charge in [0.25, 0.3) is 5.92 Å². The second-order valence-electron chi connectivity index (χ2n) is 7.00. The molecule has 1 aliphatic heterocycles. The standard InChI is InChI=1S/C20H20F2N2O2/c21-20(22)9-13(23)10-24(12-20)19(25)26-11-18-16-7-3-1-5-14(16)15-6-2-4-8-17(15)18/h1-8,13,18H,9-12,23H2. The molecule has 4 rings (SSSR count). The molecular formula is C20H20F2N2O2. The number of piperidine rings is 1. The number of ether oxygens (including phenoxy) is 1. The summed E-state index contributed by atoms with van der Waals surface area (Å²) in [7, 11) is 0. The van der Waals surface area contributed by atoms with Crippen molar-refractivity contribution in [2.75, 3.05) is 19.7 Å². The fraction of sp³-hybridized carbons (Fsp3) is 0.350. The van der Waals surface area contributed by atoms with Gasteiger partial charge in [-0.05, 0) is 22.3 Å². The van der Waals surface area contributed by atoms with Gasteiger partial charge in [-0.15, -0.1) is 0 Å². The average molecular weight is 358 g/mol. The predicted octanol–water partition coefficient (Wildman–Crippen LogP) is 3.60. The molecule has 1 aliphatic carbocycles. The summed E-state index contributed by atoms with van der Waals surface area (Å²) in [5, 5.41) is 0. The molecule has 0 saturated carbocycles. The minimum atomic E-state index is -2.97. The van der Waals surface area contributed by atoms with Crippen molar-refractivity contribution in [1.29, 1.82) is 0 Å². The SMILES string of the molecule is NC1CN(C(=O)OCC2c3ccccc3-c3ccccc32)CC(F)(F)C1. The van der Waals surface area contributed by atoms with E-state index in [0.29, 0.717) is 0 Å². The maximum Gasteiger partial charge on any atom is 0.410 e. The first kappa shape index (κ1) is 17.0. The molecule has 1 heterocycles. The summed E-state index contributed by atoms with van der Waals surface area (Å²) in [5.41, 5.74) is 10.1. The van der Waals surface area contributed by atoms with E-state index < -0.39 is 31.0 Å². The highest BCUT2D eigenvalue weighted by Gasteiger charge is 2.41. The number of hydrogen-bond donors (Lipinski definition) is 1. The first-order valence-corrected chi connectivity index (χ1v) is 8.68. The number of carbonyl (C=O) groups is 1. The molecule has 0 spiro atoms. The number of likely N-dealkylation sites (tertiary alicyclic amines) is 1. The van der Waals surface area contributed by atoms with E-state index in [2.05, 4.69) is 0 Å². The number of nitrogens with two attached hydrogens (primary N) is 1. The molecule has 26 heavy (non-hydrogen) atoms. The van der Waals surface area contributed by atoms with Crippen molar-refractivity contribution >= 4 is 6.09 Å². The number of halogens is 2. The highest BCUT2D eigenvalue weighted by molar-refractivity contribution is 5.79. The minimum Gasteiger partial charge on any atom is -0.448 e. The first-order valence-electron chi connectivity index (χ1n) is 8.68. The zero-order valence-electron chi connectivity index (χ0n) is 14.2. The van der Waals surface area contributed by atoms with E-state index in [1.807, 2.05) is 48.5 Å². The molecule has 4 nitrogen and oxygen atoms in total. The van der Waals surface area contributed by atoms with Gasteiger partial charge in [-0.1, -0.05) is 48.5 Å². The van der Waals surface area contributed by atoms with Gasteiger partial charge in [0.15, 0.2) is 0 Å². The Hall–Kier alpha value is -2.47. The lowest BCUT2D eigenvalue weighted by molar-refractivity contribution is -0.0668.